The van der Waals surface area contributed by atoms with Crippen LogP contribution in [0, 0.1) is 23.2 Å². The Morgan fingerprint density at radius 2 is 1.60 bits per heavy atom. The Kier molecular flexibility index (Phi) is 4.28. The molecule has 0 spiro atoms. The molecule has 4 saturated carbocycles. The molecule has 4 fully saturated rings. The molecule has 5 rings (SSSR count). The van der Waals surface area contributed by atoms with Crippen molar-refractivity contribution in [1.29, 1.82) is 0 Å². The van der Waals surface area contributed by atoms with Crippen LogP contribution in [0.15, 0.2) is 30.3 Å². The topological polar surface area (TPSA) is 69.6 Å². The van der Waals surface area contributed by atoms with Gasteiger partial charge in [0.2, 0.25) is 0 Å². The summed E-state index contributed by atoms with van der Waals surface area (Å²) in [4.78, 5) is 24.6. The number of carbonyl (C=O) groups excluding carboxylic acids is 2. The van der Waals surface area contributed by atoms with Crippen molar-refractivity contribution in [3.63, 3.8) is 0 Å². The van der Waals surface area contributed by atoms with Crippen molar-refractivity contribution in [3.8, 4) is 0 Å². The standard InChI is InChI=1S/C20H26N2O3/c23-18(22(25)19(24)21-13-14-4-2-1-3-5-14)12-20-9-15-6-16(10-20)8-17(7-15)11-20/h1-5,15-17,25H,6-13H2,(H,21,24). The lowest BCUT2D eigenvalue weighted by Crippen LogP contribution is -2.49. The van der Waals surface area contributed by atoms with Gasteiger partial charge in [-0.3, -0.25) is 10.0 Å². The highest BCUT2D eigenvalue weighted by Crippen LogP contribution is 2.61. The number of amides is 3. The van der Waals surface area contributed by atoms with Gasteiger partial charge in [0.15, 0.2) is 0 Å². The normalized spacial score (nSPS) is 32.4. The van der Waals surface area contributed by atoms with Crippen LogP contribution in [-0.2, 0) is 11.3 Å². The van der Waals surface area contributed by atoms with Gasteiger partial charge in [0, 0.05) is 13.0 Å². The molecule has 4 aliphatic carbocycles. The highest BCUT2D eigenvalue weighted by molar-refractivity contribution is 5.93. The quantitative estimate of drug-likeness (QED) is 0.647. The molecule has 0 heterocycles. The second kappa shape index (κ2) is 6.45. The van der Waals surface area contributed by atoms with Crippen LogP contribution in [0.1, 0.15) is 50.5 Å². The van der Waals surface area contributed by atoms with Crippen molar-refractivity contribution in [1.82, 2.24) is 10.4 Å². The molecule has 4 bridgehead atoms. The van der Waals surface area contributed by atoms with E-state index in [1.807, 2.05) is 30.3 Å². The molecule has 134 valence electrons. The number of carbonyl (C=O) groups is 2. The van der Waals surface area contributed by atoms with Gasteiger partial charge in [0.25, 0.3) is 5.91 Å². The Labute approximate surface area is 148 Å². The average Bonchev–Trinajstić information content (AvgIpc) is 2.58. The van der Waals surface area contributed by atoms with Crippen LogP contribution in [0.4, 0.5) is 4.79 Å². The van der Waals surface area contributed by atoms with E-state index in [0.717, 1.165) is 42.6 Å². The molecule has 2 N–H and O–H groups in total. The molecule has 0 aliphatic heterocycles. The SMILES string of the molecule is O=C(CC12CC3CC(CC(C3)C1)C2)N(O)C(=O)NCc1ccccc1. The van der Waals surface area contributed by atoms with E-state index >= 15 is 0 Å². The van der Waals surface area contributed by atoms with Gasteiger partial charge in [-0.2, -0.15) is 0 Å². The Morgan fingerprint density at radius 3 is 2.16 bits per heavy atom. The number of benzene rings is 1. The van der Waals surface area contributed by atoms with Gasteiger partial charge in [-0.15, -0.1) is 5.06 Å². The molecule has 5 nitrogen and oxygen atoms in total. The number of nitrogens with one attached hydrogen (secondary N) is 1. The summed E-state index contributed by atoms with van der Waals surface area (Å²) in [6.07, 6.45) is 7.50. The molecular formula is C20H26N2O3. The first-order valence-corrected chi connectivity index (χ1v) is 9.37. The van der Waals surface area contributed by atoms with Crippen LogP contribution in [0.2, 0.25) is 0 Å². The predicted molar refractivity (Wildman–Crippen MR) is 92.5 cm³/mol. The minimum atomic E-state index is -0.737. The zero-order valence-corrected chi connectivity index (χ0v) is 14.5. The number of nitrogens with zero attached hydrogens (tertiary/aromatic N) is 1. The van der Waals surface area contributed by atoms with Gasteiger partial charge < -0.3 is 5.32 Å². The zero-order valence-electron chi connectivity index (χ0n) is 14.5. The summed E-state index contributed by atoms with van der Waals surface area (Å²) in [6, 6.07) is 8.71. The fourth-order valence-electron chi connectivity index (χ4n) is 5.86. The van der Waals surface area contributed by atoms with E-state index in [9.17, 15) is 14.8 Å². The molecule has 3 amide bonds. The van der Waals surface area contributed by atoms with E-state index in [0.29, 0.717) is 18.0 Å². The summed E-state index contributed by atoms with van der Waals surface area (Å²) in [5.74, 6) is 1.78. The molecule has 4 aliphatic rings. The number of hydroxylamine groups is 2. The van der Waals surface area contributed by atoms with Crippen LogP contribution in [0.25, 0.3) is 0 Å². The molecule has 0 atom stereocenters. The van der Waals surface area contributed by atoms with E-state index in [1.165, 1.54) is 19.3 Å². The maximum atomic E-state index is 12.5. The van der Waals surface area contributed by atoms with Crippen LogP contribution in [-0.4, -0.2) is 22.2 Å². The first-order valence-electron chi connectivity index (χ1n) is 9.37. The van der Waals surface area contributed by atoms with Crippen molar-refractivity contribution in [2.45, 2.75) is 51.5 Å². The number of hydrogen-bond donors (Lipinski definition) is 2. The van der Waals surface area contributed by atoms with Crippen molar-refractivity contribution in [3.05, 3.63) is 35.9 Å². The summed E-state index contributed by atoms with van der Waals surface area (Å²) in [5, 5.41) is 12.9. The van der Waals surface area contributed by atoms with Crippen LogP contribution < -0.4 is 5.32 Å². The van der Waals surface area contributed by atoms with Gasteiger partial charge in [0.05, 0.1) is 0 Å². The van der Waals surface area contributed by atoms with E-state index in [-0.39, 0.29) is 5.41 Å². The third kappa shape index (κ3) is 3.43. The lowest BCUT2D eigenvalue weighted by atomic mass is 9.49. The van der Waals surface area contributed by atoms with Crippen molar-refractivity contribution < 1.29 is 14.8 Å². The molecule has 1 aromatic carbocycles. The second-order valence-corrected chi connectivity index (χ2v) is 8.44. The van der Waals surface area contributed by atoms with Crippen LogP contribution >= 0.6 is 0 Å². The monoisotopic (exact) mass is 342 g/mol. The molecule has 0 aromatic heterocycles. The van der Waals surface area contributed by atoms with Crippen molar-refractivity contribution in [2.24, 2.45) is 23.2 Å². The van der Waals surface area contributed by atoms with Gasteiger partial charge >= 0.3 is 6.03 Å². The van der Waals surface area contributed by atoms with E-state index in [2.05, 4.69) is 5.32 Å². The smallest absolute Gasteiger partial charge is 0.332 e. The average molecular weight is 342 g/mol. The first kappa shape index (κ1) is 16.6. The number of urea groups is 1. The molecule has 5 heteroatoms. The Balaban J connectivity index is 1.33. The second-order valence-electron chi connectivity index (χ2n) is 8.44. The summed E-state index contributed by atoms with van der Waals surface area (Å²) in [5.41, 5.74) is 0.949. The molecule has 25 heavy (non-hydrogen) atoms. The van der Waals surface area contributed by atoms with Crippen LogP contribution in [0.5, 0.6) is 0 Å². The third-order valence-electron chi connectivity index (χ3n) is 6.41. The highest BCUT2D eigenvalue weighted by Gasteiger charge is 2.52. The Morgan fingerprint density at radius 1 is 1.04 bits per heavy atom. The first-order chi connectivity index (χ1) is 12.0. The van der Waals surface area contributed by atoms with E-state index in [4.69, 9.17) is 0 Å². The van der Waals surface area contributed by atoms with Gasteiger partial charge in [-0.1, -0.05) is 30.3 Å². The number of imide groups is 1. The summed E-state index contributed by atoms with van der Waals surface area (Å²) >= 11 is 0. The molecule has 0 radical (unpaired) electrons. The number of rotatable bonds is 4. The van der Waals surface area contributed by atoms with Crippen LogP contribution in [0.3, 0.4) is 0 Å². The maximum absolute atomic E-state index is 12.5. The van der Waals surface area contributed by atoms with Crippen molar-refractivity contribution in [2.75, 3.05) is 0 Å². The summed E-state index contributed by atoms with van der Waals surface area (Å²) in [6.45, 7) is 0.293. The Hall–Kier alpha value is -1.88. The lowest BCUT2D eigenvalue weighted by molar-refractivity contribution is -0.160. The maximum Gasteiger partial charge on any atom is 0.348 e. The van der Waals surface area contributed by atoms with Crippen molar-refractivity contribution >= 4 is 11.9 Å². The Bertz CT molecular complexity index is 623. The molecule has 1 aromatic rings. The van der Waals surface area contributed by atoms with E-state index < -0.39 is 11.9 Å². The summed E-state index contributed by atoms with van der Waals surface area (Å²) < 4.78 is 0. The number of hydrogen-bond acceptors (Lipinski definition) is 3. The highest BCUT2D eigenvalue weighted by atomic mass is 16.5. The molecule has 0 saturated heterocycles. The minimum absolute atomic E-state index is 0.0204. The largest absolute Gasteiger partial charge is 0.348 e. The fourth-order valence-corrected chi connectivity index (χ4v) is 5.86. The summed E-state index contributed by atoms with van der Waals surface area (Å²) in [7, 11) is 0. The predicted octanol–water partition coefficient (Wildman–Crippen LogP) is 3.72. The van der Waals surface area contributed by atoms with E-state index in [1.54, 1.807) is 0 Å². The third-order valence-corrected chi connectivity index (χ3v) is 6.41. The van der Waals surface area contributed by atoms with Gasteiger partial charge in [-0.25, -0.2) is 4.79 Å². The molecular weight excluding hydrogens is 316 g/mol. The van der Waals surface area contributed by atoms with Gasteiger partial charge in [0.1, 0.15) is 0 Å². The molecule has 0 unspecified atom stereocenters. The minimum Gasteiger partial charge on any atom is -0.332 e. The zero-order chi connectivity index (χ0) is 17.4. The lowest BCUT2D eigenvalue weighted by Gasteiger charge is -2.56. The fraction of sp³-hybridized carbons (Fsp3) is 0.600. The van der Waals surface area contributed by atoms with Gasteiger partial charge in [-0.05, 0) is 67.3 Å².